The van der Waals surface area contributed by atoms with E-state index < -0.39 is 0 Å². The van der Waals surface area contributed by atoms with E-state index in [0.717, 1.165) is 26.2 Å². The van der Waals surface area contributed by atoms with Gasteiger partial charge in [-0.05, 0) is 6.42 Å². The second-order valence-electron chi connectivity index (χ2n) is 5.60. The molecule has 0 spiro atoms. The van der Waals surface area contributed by atoms with E-state index in [1.54, 1.807) is 0 Å². The van der Waals surface area contributed by atoms with Gasteiger partial charge in [-0.25, -0.2) is 4.98 Å². The fraction of sp³-hybridized carbons (Fsp3) is 0.800. The van der Waals surface area contributed by atoms with Gasteiger partial charge in [0, 0.05) is 38.1 Å². The average molecular weight is 264 g/mol. The summed E-state index contributed by atoms with van der Waals surface area (Å²) in [7, 11) is 0. The molecule has 1 aliphatic rings. The summed E-state index contributed by atoms with van der Waals surface area (Å²) < 4.78 is 2.26. The largest absolute Gasteiger partial charge is 0.333 e. The molecule has 4 heteroatoms. The van der Waals surface area contributed by atoms with Crippen LogP contribution < -0.4 is 5.73 Å². The van der Waals surface area contributed by atoms with Crippen LogP contribution in [-0.4, -0.2) is 33.6 Å². The molecule has 1 aromatic rings. The first-order chi connectivity index (χ1) is 9.35. The lowest BCUT2D eigenvalue weighted by atomic mass is 10.0. The molecule has 19 heavy (non-hydrogen) atoms. The van der Waals surface area contributed by atoms with Crippen LogP contribution in [0.25, 0.3) is 0 Å². The number of imidazole rings is 1. The van der Waals surface area contributed by atoms with Crippen molar-refractivity contribution in [3.8, 4) is 0 Å². The van der Waals surface area contributed by atoms with Gasteiger partial charge in [0.2, 0.25) is 0 Å². The van der Waals surface area contributed by atoms with Gasteiger partial charge in [-0.1, -0.05) is 39.0 Å². The Labute approximate surface area is 117 Å². The van der Waals surface area contributed by atoms with E-state index in [1.807, 2.05) is 6.20 Å². The highest BCUT2D eigenvalue weighted by atomic mass is 15.3. The van der Waals surface area contributed by atoms with Crippen LogP contribution in [0.1, 0.15) is 51.3 Å². The maximum absolute atomic E-state index is 5.97. The molecule has 1 atom stereocenters. The van der Waals surface area contributed by atoms with E-state index in [-0.39, 0.29) is 0 Å². The third-order valence-electron chi connectivity index (χ3n) is 4.20. The predicted octanol–water partition coefficient (Wildman–Crippen LogP) is 2.39. The molecule has 0 bridgehead atoms. The first-order valence-electron chi connectivity index (χ1n) is 7.79. The Bertz CT molecular complexity index is 361. The van der Waals surface area contributed by atoms with E-state index in [2.05, 4.69) is 27.6 Å². The molecule has 0 radical (unpaired) electrons. The standard InChI is InChI=1S/C15H28N4/c1-2-3-4-5-6-7-14(12-16)19-11-10-18-9-8-17-15(18)13-19/h8-9,14H,2-7,10-13,16H2,1H3. The van der Waals surface area contributed by atoms with E-state index in [1.165, 1.54) is 44.3 Å². The number of nitrogens with zero attached hydrogens (tertiary/aromatic N) is 3. The molecule has 108 valence electrons. The quantitative estimate of drug-likeness (QED) is 0.733. The average Bonchev–Trinajstić information content (AvgIpc) is 2.90. The Hall–Kier alpha value is -0.870. The second-order valence-corrected chi connectivity index (χ2v) is 5.60. The first-order valence-corrected chi connectivity index (χ1v) is 7.79. The third-order valence-corrected chi connectivity index (χ3v) is 4.20. The molecular formula is C15H28N4. The van der Waals surface area contributed by atoms with Gasteiger partial charge in [0.1, 0.15) is 5.82 Å². The Morgan fingerprint density at radius 1 is 1.26 bits per heavy atom. The monoisotopic (exact) mass is 264 g/mol. The van der Waals surface area contributed by atoms with Crippen molar-refractivity contribution in [2.75, 3.05) is 13.1 Å². The fourth-order valence-electron chi connectivity index (χ4n) is 2.94. The van der Waals surface area contributed by atoms with Crippen LogP contribution in [0.15, 0.2) is 12.4 Å². The number of fused-ring (bicyclic) bond motifs is 1. The van der Waals surface area contributed by atoms with Crippen LogP contribution in [0, 0.1) is 0 Å². The zero-order valence-electron chi connectivity index (χ0n) is 12.2. The molecule has 0 saturated heterocycles. The summed E-state index contributed by atoms with van der Waals surface area (Å²) in [6, 6.07) is 0.534. The summed E-state index contributed by atoms with van der Waals surface area (Å²) in [4.78, 5) is 6.94. The highest BCUT2D eigenvalue weighted by Gasteiger charge is 2.22. The van der Waals surface area contributed by atoms with Crippen LogP contribution in [0.5, 0.6) is 0 Å². The topological polar surface area (TPSA) is 47.1 Å². The van der Waals surface area contributed by atoms with Gasteiger partial charge < -0.3 is 10.3 Å². The van der Waals surface area contributed by atoms with Gasteiger partial charge in [0.15, 0.2) is 0 Å². The molecule has 0 amide bonds. The van der Waals surface area contributed by atoms with Crippen LogP contribution in [-0.2, 0) is 13.1 Å². The summed E-state index contributed by atoms with van der Waals surface area (Å²) in [6.45, 7) is 6.17. The van der Waals surface area contributed by atoms with Crippen molar-refractivity contribution >= 4 is 0 Å². The second kappa shape index (κ2) is 7.65. The van der Waals surface area contributed by atoms with E-state index >= 15 is 0 Å². The molecule has 0 aliphatic carbocycles. The minimum absolute atomic E-state index is 0.534. The molecule has 0 saturated carbocycles. The molecule has 0 fully saturated rings. The summed E-state index contributed by atoms with van der Waals surface area (Å²) >= 11 is 0. The normalized spacial score (nSPS) is 17.4. The number of nitrogens with two attached hydrogens (primary N) is 1. The van der Waals surface area contributed by atoms with Gasteiger partial charge in [0.25, 0.3) is 0 Å². The molecule has 2 N–H and O–H groups in total. The van der Waals surface area contributed by atoms with Gasteiger partial charge in [-0.15, -0.1) is 0 Å². The maximum atomic E-state index is 5.97. The number of rotatable bonds is 8. The Morgan fingerprint density at radius 2 is 2.11 bits per heavy atom. The molecule has 2 heterocycles. The summed E-state index contributed by atoms with van der Waals surface area (Å²) in [5.41, 5.74) is 5.97. The third kappa shape index (κ3) is 4.05. The predicted molar refractivity (Wildman–Crippen MR) is 78.9 cm³/mol. The number of unbranched alkanes of at least 4 members (excludes halogenated alkanes) is 4. The number of hydrogen-bond donors (Lipinski definition) is 1. The summed E-state index contributed by atoms with van der Waals surface area (Å²) in [5.74, 6) is 1.19. The lowest BCUT2D eigenvalue weighted by molar-refractivity contribution is 0.146. The molecule has 2 rings (SSSR count). The van der Waals surface area contributed by atoms with Crippen LogP contribution in [0.3, 0.4) is 0 Å². The van der Waals surface area contributed by atoms with Gasteiger partial charge in [-0.3, -0.25) is 4.90 Å². The van der Waals surface area contributed by atoms with Crippen LogP contribution >= 0.6 is 0 Å². The van der Waals surface area contributed by atoms with E-state index in [9.17, 15) is 0 Å². The van der Waals surface area contributed by atoms with Gasteiger partial charge in [0.05, 0.1) is 6.54 Å². The smallest absolute Gasteiger partial charge is 0.122 e. The minimum Gasteiger partial charge on any atom is -0.333 e. The molecule has 1 aromatic heterocycles. The molecular weight excluding hydrogens is 236 g/mol. The van der Waals surface area contributed by atoms with E-state index in [4.69, 9.17) is 5.73 Å². The molecule has 1 aliphatic heterocycles. The van der Waals surface area contributed by atoms with Crippen molar-refractivity contribution in [2.24, 2.45) is 5.73 Å². The van der Waals surface area contributed by atoms with Crippen molar-refractivity contribution in [2.45, 2.75) is 64.6 Å². The van der Waals surface area contributed by atoms with Gasteiger partial charge in [-0.2, -0.15) is 0 Å². The van der Waals surface area contributed by atoms with Crippen molar-refractivity contribution in [3.05, 3.63) is 18.2 Å². The van der Waals surface area contributed by atoms with Gasteiger partial charge >= 0.3 is 0 Å². The minimum atomic E-state index is 0.534. The number of hydrogen-bond acceptors (Lipinski definition) is 3. The Morgan fingerprint density at radius 3 is 2.89 bits per heavy atom. The fourth-order valence-corrected chi connectivity index (χ4v) is 2.94. The van der Waals surface area contributed by atoms with Crippen molar-refractivity contribution in [3.63, 3.8) is 0 Å². The highest BCUT2D eigenvalue weighted by Crippen LogP contribution is 2.17. The molecule has 4 nitrogen and oxygen atoms in total. The zero-order valence-corrected chi connectivity index (χ0v) is 12.2. The summed E-state index contributed by atoms with van der Waals surface area (Å²) in [6.07, 6.45) is 11.9. The Balaban J connectivity index is 1.75. The lowest BCUT2D eigenvalue weighted by Crippen LogP contribution is -2.44. The maximum Gasteiger partial charge on any atom is 0.122 e. The summed E-state index contributed by atoms with van der Waals surface area (Å²) in [5, 5.41) is 0. The van der Waals surface area contributed by atoms with Crippen molar-refractivity contribution in [1.29, 1.82) is 0 Å². The Kier molecular flexibility index (Phi) is 5.86. The molecule has 0 aromatic carbocycles. The molecule has 1 unspecified atom stereocenters. The highest BCUT2D eigenvalue weighted by molar-refractivity contribution is 4.96. The van der Waals surface area contributed by atoms with Crippen LogP contribution in [0.2, 0.25) is 0 Å². The van der Waals surface area contributed by atoms with E-state index in [0.29, 0.717) is 6.04 Å². The number of aromatic nitrogens is 2. The first kappa shape index (κ1) is 14.5. The SMILES string of the molecule is CCCCCCCC(CN)N1CCn2ccnc2C1. The van der Waals surface area contributed by atoms with Crippen molar-refractivity contribution in [1.82, 2.24) is 14.5 Å². The van der Waals surface area contributed by atoms with Crippen molar-refractivity contribution < 1.29 is 0 Å². The van der Waals surface area contributed by atoms with Crippen LogP contribution in [0.4, 0.5) is 0 Å². The zero-order chi connectivity index (χ0) is 13.5. The lowest BCUT2D eigenvalue weighted by Gasteiger charge is -2.34.